The van der Waals surface area contributed by atoms with Gasteiger partial charge in [0, 0.05) is 25.7 Å². The molecule has 0 aromatic rings. The zero-order valence-corrected chi connectivity index (χ0v) is 9.47. The first-order valence-corrected chi connectivity index (χ1v) is 5.69. The van der Waals surface area contributed by atoms with E-state index in [1.54, 1.807) is 0 Å². The summed E-state index contributed by atoms with van der Waals surface area (Å²) in [6.07, 6.45) is 3.48. The molecule has 0 amide bonds. The van der Waals surface area contributed by atoms with Crippen LogP contribution < -0.4 is 10.6 Å². The Morgan fingerprint density at radius 1 is 1.50 bits per heavy atom. The number of aliphatic hydroxyl groups is 1. The topological polar surface area (TPSA) is 44.3 Å². The highest BCUT2D eigenvalue weighted by Crippen LogP contribution is 2.18. The summed E-state index contributed by atoms with van der Waals surface area (Å²) in [7, 11) is 0. The van der Waals surface area contributed by atoms with Crippen molar-refractivity contribution in [3.05, 3.63) is 0 Å². The molecule has 14 heavy (non-hydrogen) atoms. The maximum absolute atomic E-state index is 8.87. The van der Waals surface area contributed by atoms with Crippen LogP contribution in [0.5, 0.6) is 0 Å². The Morgan fingerprint density at radius 2 is 2.29 bits per heavy atom. The quantitative estimate of drug-likeness (QED) is 0.592. The highest BCUT2D eigenvalue weighted by molar-refractivity contribution is 4.78. The second kappa shape index (κ2) is 5.69. The number of rotatable bonds is 6. The number of nitrogens with one attached hydrogen (secondary N) is 2. The smallest absolute Gasteiger partial charge is 0.0436 e. The molecule has 84 valence electrons. The molecule has 1 saturated heterocycles. The SMILES string of the molecule is CC(C)(CCO)CNCC1CCCN1. The maximum atomic E-state index is 8.87. The van der Waals surface area contributed by atoms with Crippen LogP contribution >= 0.6 is 0 Å². The summed E-state index contributed by atoms with van der Waals surface area (Å²) in [5.74, 6) is 0. The van der Waals surface area contributed by atoms with Gasteiger partial charge < -0.3 is 15.7 Å². The monoisotopic (exact) mass is 200 g/mol. The first-order valence-electron chi connectivity index (χ1n) is 5.69. The first kappa shape index (κ1) is 12.0. The van der Waals surface area contributed by atoms with Crippen molar-refractivity contribution >= 4 is 0 Å². The van der Waals surface area contributed by atoms with Gasteiger partial charge in [0.05, 0.1) is 0 Å². The molecule has 3 nitrogen and oxygen atoms in total. The van der Waals surface area contributed by atoms with E-state index in [9.17, 15) is 0 Å². The van der Waals surface area contributed by atoms with Crippen LogP contribution in [0.3, 0.4) is 0 Å². The third kappa shape index (κ3) is 4.40. The molecular weight excluding hydrogens is 176 g/mol. The molecule has 1 atom stereocenters. The first-order chi connectivity index (χ1) is 6.64. The van der Waals surface area contributed by atoms with E-state index in [0.29, 0.717) is 6.04 Å². The van der Waals surface area contributed by atoms with Gasteiger partial charge in [-0.25, -0.2) is 0 Å². The zero-order chi connectivity index (χ0) is 10.4. The van der Waals surface area contributed by atoms with E-state index in [2.05, 4.69) is 24.5 Å². The van der Waals surface area contributed by atoms with Gasteiger partial charge in [0.1, 0.15) is 0 Å². The molecule has 0 spiro atoms. The molecule has 3 heteroatoms. The van der Waals surface area contributed by atoms with Gasteiger partial charge in [-0.1, -0.05) is 13.8 Å². The van der Waals surface area contributed by atoms with Gasteiger partial charge in [0.15, 0.2) is 0 Å². The Labute approximate surface area is 87.3 Å². The minimum atomic E-state index is 0.216. The van der Waals surface area contributed by atoms with Gasteiger partial charge >= 0.3 is 0 Å². The second-order valence-electron chi connectivity index (χ2n) is 5.06. The molecule has 1 aliphatic rings. The highest BCUT2D eigenvalue weighted by Gasteiger charge is 2.18. The van der Waals surface area contributed by atoms with Gasteiger partial charge in [-0.2, -0.15) is 0 Å². The summed E-state index contributed by atoms with van der Waals surface area (Å²) >= 11 is 0. The molecule has 1 fully saturated rings. The lowest BCUT2D eigenvalue weighted by atomic mass is 9.90. The minimum Gasteiger partial charge on any atom is -0.396 e. The molecular formula is C11H24N2O. The fraction of sp³-hybridized carbons (Fsp3) is 1.00. The predicted octanol–water partition coefficient (Wildman–Crippen LogP) is 0.737. The third-order valence-corrected chi connectivity index (χ3v) is 2.95. The molecule has 0 aromatic carbocycles. The Morgan fingerprint density at radius 3 is 2.86 bits per heavy atom. The van der Waals surface area contributed by atoms with Gasteiger partial charge in [-0.15, -0.1) is 0 Å². The Bertz CT molecular complexity index is 153. The zero-order valence-electron chi connectivity index (χ0n) is 9.47. The van der Waals surface area contributed by atoms with Gasteiger partial charge in [0.2, 0.25) is 0 Å². The van der Waals surface area contributed by atoms with E-state index in [1.165, 1.54) is 19.4 Å². The lowest BCUT2D eigenvalue weighted by Gasteiger charge is -2.25. The normalized spacial score (nSPS) is 22.9. The van der Waals surface area contributed by atoms with E-state index >= 15 is 0 Å². The molecule has 0 radical (unpaired) electrons. The van der Waals surface area contributed by atoms with Crippen LogP contribution in [-0.2, 0) is 0 Å². The van der Waals surface area contributed by atoms with Gasteiger partial charge in [-0.05, 0) is 31.2 Å². The van der Waals surface area contributed by atoms with Crippen molar-refractivity contribution in [2.24, 2.45) is 5.41 Å². The van der Waals surface area contributed by atoms with Gasteiger partial charge in [-0.3, -0.25) is 0 Å². The van der Waals surface area contributed by atoms with Crippen LogP contribution in [0, 0.1) is 5.41 Å². The summed E-state index contributed by atoms with van der Waals surface area (Å²) in [5, 5.41) is 15.8. The summed E-state index contributed by atoms with van der Waals surface area (Å²) < 4.78 is 0. The van der Waals surface area contributed by atoms with E-state index in [-0.39, 0.29) is 12.0 Å². The minimum absolute atomic E-state index is 0.216. The van der Waals surface area contributed by atoms with Crippen molar-refractivity contribution in [1.82, 2.24) is 10.6 Å². The summed E-state index contributed by atoms with van der Waals surface area (Å²) in [6.45, 7) is 7.90. The summed E-state index contributed by atoms with van der Waals surface area (Å²) in [4.78, 5) is 0. The molecule has 0 aromatic heterocycles. The molecule has 3 N–H and O–H groups in total. The number of aliphatic hydroxyl groups excluding tert-OH is 1. The lowest BCUT2D eigenvalue weighted by Crippen LogP contribution is -2.38. The highest BCUT2D eigenvalue weighted by atomic mass is 16.3. The van der Waals surface area contributed by atoms with Gasteiger partial charge in [0.25, 0.3) is 0 Å². The summed E-state index contributed by atoms with van der Waals surface area (Å²) in [5.41, 5.74) is 0.216. The molecule has 0 saturated carbocycles. The van der Waals surface area contributed by atoms with Crippen LogP contribution in [0.2, 0.25) is 0 Å². The predicted molar refractivity (Wildman–Crippen MR) is 59.4 cm³/mol. The van der Waals surface area contributed by atoms with Crippen molar-refractivity contribution in [2.45, 2.75) is 39.2 Å². The largest absolute Gasteiger partial charge is 0.396 e. The van der Waals surface area contributed by atoms with E-state index in [4.69, 9.17) is 5.11 Å². The van der Waals surface area contributed by atoms with Crippen LogP contribution in [0.1, 0.15) is 33.1 Å². The Kier molecular flexibility index (Phi) is 4.85. The number of hydrogen-bond donors (Lipinski definition) is 3. The van der Waals surface area contributed by atoms with Crippen molar-refractivity contribution in [2.75, 3.05) is 26.2 Å². The fourth-order valence-corrected chi connectivity index (χ4v) is 1.91. The molecule has 1 aliphatic heterocycles. The molecule has 1 unspecified atom stereocenters. The fourth-order valence-electron chi connectivity index (χ4n) is 1.91. The van der Waals surface area contributed by atoms with Crippen molar-refractivity contribution in [3.63, 3.8) is 0 Å². The second-order valence-corrected chi connectivity index (χ2v) is 5.06. The van der Waals surface area contributed by atoms with Crippen molar-refractivity contribution in [1.29, 1.82) is 0 Å². The van der Waals surface area contributed by atoms with Crippen LogP contribution in [0.15, 0.2) is 0 Å². The van der Waals surface area contributed by atoms with Crippen molar-refractivity contribution < 1.29 is 5.11 Å². The molecule has 1 heterocycles. The van der Waals surface area contributed by atoms with E-state index < -0.39 is 0 Å². The third-order valence-electron chi connectivity index (χ3n) is 2.95. The Balaban J connectivity index is 2.07. The van der Waals surface area contributed by atoms with Crippen LogP contribution in [0.25, 0.3) is 0 Å². The maximum Gasteiger partial charge on any atom is 0.0436 e. The molecule has 0 aliphatic carbocycles. The Hall–Kier alpha value is -0.120. The van der Waals surface area contributed by atoms with Crippen LogP contribution in [0.4, 0.5) is 0 Å². The average molecular weight is 200 g/mol. The van der Waals surface area contributed by atoms with Crippen molar-refractivity contribution in [3.8, 4) is 0 Å². The lowest BCUT2D eigenvalue weighted by molar-refractivity contribution is 0.206. The van der Waals surface area contributed by atoms with E-state index in [0.717, 1.165) is 19.5 Å². The van der Waals surface area contributed by atoms with E-state index in [1.807, 2.05) is 0 Å². The van der Waals surface area contributed by atoms with Crippen LogP contribution in [-0.4, -0.2) is 37.4 Å². The molecule has 0 bridgehead atoms. The molecule has 1 rings (SSSR count). The average Bonchev–Trinajstić information content (AvgIpc) is 2.56. The summed E-state index contributed by atoms with van der Waals surface area (Å²) in [6, 6.07) is 0.667. The standard InChI is InChI=1S/C11H24N2O/c1-11(2,5-7-14)9-12-8-10-4-3-6-13-10/h10,12-14H,3-9H2,1-2H3. The number of hydrogen-bond acceptors (Lipinski definition) is 3.